The third-order valence-electron chi connectivity index (χ3n) is 2.97. The second kappa shape index (κ2) is 7.11. The first-order chi connectivity index (χ1) is 10.1. The molecule has 0 aliphatic carbocycles. The fourth-order valence-electron chi connectivity index (χ4n) is 2.07. The van der Waals surface area contributed by atoms with Gasteiger partial charge in [-0.25, -0.2) is 9.78 Å². The molecule has 0 unspecified atom stereocenters. The Morgan fingerprint density at radius 3 is 2.81 bits per heavy atom. The summed E-state index contributed by atoms with van der Waals surface area (Å²) in [4.78, 5) is 16.4. The highest BCUT2D eigenvalue weighted by molar-refractivity contribution is 5.87. The van der Waals surface area contributed by atoms with Crippen LogP contribution in [0, 0.1) is 5.92 Å². The van der Waals surface area contributed by atoms with Gasteiger partial charge in [-0.2, -0.15) is 0 Å². The standard InChI is InChI=1S/C16H21NO4/c1-4-19-16(18)15-13(10-11(2)3)17-14(21-15)8-7-12-6-5-9-20-12/h5-6,9,11H,4,7-8,10H2,1-3H3. The van der Waals surface area contributed by atoms with Crippen molar-refractivity contribution in [1.82, 2.24) is 4.98 Å². The molecule has 0 aliphatic heterocycles. The molecule has 0 fully saturated rings. The van der Waals surface area contributed by atoms with E-state index in [1.165, 1.54) is 0 Å². The lowest BCUT2D eigenvalue weighted by atomic mass is 10.1. The zero-order valence-corrected chi connectivity index (χ0v) is 12.7. The average molecular weight is 291 g/mol. The summed E-state index contributed by atoms with van der Waals surface area (Å²) < 4.78 is 15.9. The number of aryl methyl sites for hydroxylation is 2. The Kier molecular flexibility index (Phi) is 5.20. The SMILES string of the molecule is CCOC(=O)c1oc(CCc2ccco2)nc1CC(C)C. The van der Waals surface area contributed by atoms with Gasteiger partial charge < -0.3 is 13.6 Å². The summed E-state index contributed by atoms with van der Waals surface area (Å²) in [5.41, 5.74) is 0.679. The lowest BCUT2D eigenvalue weighted by Crippen LogP contribution is -2.08. The molecule has 2 aromatic heterocycles. The van der Waals surface area contributed by atoms with E-state index in [0.717, 1.165) is 5.76 Å². The quantitative estimate of drug-likeness (QED) is 0.731. The molecule has 2 rings (SSSR count). The minimum absolute atomic E-state index is 0.236. The van der Waals surface area contributed by atoms with Gasteiger partial charge in [0.2, 0.25) is 5.76 Å². The molecule has 2 heterocycles. The Hall–Kier alpha value is -2.04. The number of hydrogen-bond acceptors (Lipinski definition) is 5. The maximum Gasteiger partial charge on any atom is 0.376 e. The third kappa shape index (κ3) is 4.21. The van der Waals surface area contributed by atoms with Crippen LogP contribution in [0.2, 0.25) is 0 Å². The summed E-state index contributed by atoms with van der Waals surface area (Å²) in [7, 11) is 0. The van der Waals surface area contributed by atoms with E-state index in [2.05, 4.69) is 18.8 Å². The van der Waals surface area contributed by atoms with Gasteiger partial charge in [0.15, 0.2) is 5.89 Å². The molecule has 0 aliphatic rings. The Morgan fingerprint density at radius 1 is 1.38 bits per heavy atom. The highest BCUT2D eigenvalue weighted by Gasteiger charge is 2.22. The minimum Gasteiger partial charge on any atom is -0.469 e. The molecule has 114 valence electrons. The van der Waals surface area contributed by atoms with Gasteiger partial charge in [0, 0.05) is 12.8 Å². The number of ether oxygens (including phenoxy) is 1. The molecule has 0 spiro atoms. The van der Waals surface area contributed by atoms with Crippen molar-refractivity contribution in [3.8, 4) is 0 Å². The van der Waals surface area contributed by atoms with Gasteiger partial charge in [0.1, 0.15) is 5.76 Å². The fraction of sp³-hybridized carbons (Fsp3) is 0.500. The number of aromatic nitrogens is 1. The van der Waals surface area contributed by atoms with Crippen molar-refractivity contribution in [2.45, 2.75) is 40.0 Å². The predicted octanol–water partition coefficient (Wildman–Crippen LogP) is 3.43. The average Bonchev–Trinajstić information content (AvgIpc) is 3.05. The summed E-state index contributed by atoms with van der Waals surface area (Å²) >= 11 is 0. The van der Waals surface area contributed by atoms with E-state index < -0.39 is 5.97 Å². The lowest BCUT2D eigenvalue weighted by Gasteiger charge is -2.02. The van der Waals surface area contributed by atoms with Crippen molar-refractivity contribution >= 4 is 5.97 Å². The molecule has 0 saturated heterocycles. The van der Waals surface area contributed by atoms with Crippen molar-refractivity contribution in [1.29, 1.82) is 0 Å². The van der Waals surface area contributed by atoms with Crippen LogP contribution in [0.1, 0.15) is 48.7 Å². The topological polar surface area (TPSA) is 65.5 Å². The summed E-state index contributed by atoms with van der Waals surface area (Å²) in [5.74, 6) is 1.60. The van der Waals surface area contributed by atoms with Crippen LogP contribution in [0.15, 0.2) is 27.2 Å². The number of hydrogen-bond donors (Lipinski definition) is 0. The highest BCUT2D eigenvalue weighted by Crippen LogP contribution is 2.18. The Labute approximate surface area is 124 Å². The molecule has 21 heavy (non-hydrogen) atoms. The van der Waals surface area contributed by atoms with Gasteiger partial charge in [0.05, 0.1) is 18.6 Å². The van der Waals surface area contributed by atoms with E-state index >= 15 is 0 Å². The number of oxazole rings is 1. The number of furan rings is 1. The van der Waals surface area contributed by atoms with E-state index in [-0.39, 0.29) is 5.76 Å². The van der Waals surface area contributed by atoms with Gasteiger partial charge in [-0.3, -0.25) is 0 Å². The molecular formula is C16H21NO4. The normalized spacial score (nSPS) is 11.0. The molecular weight excluding hydrogens is 270 g/mol. The predicted molar refractivity (Wildman–Crippen MR) is 77.1 cm³/mol. The Morgan fingerprint density at radius 2 is 2.19 bits per heavy atom. The van der Waals surface area contributed by atoms with Gasteiger partial charge >= 0.3 is 5.97 Å². The highest BCUT2D eigenvalue weighted by atomic mass is 16.5. The number of nitrogens with zero attached hydrogens (tertiary/aromatic N) is 1. The molecule has 0 N–H and O–H groups in total. The van der Waals surface area contributed by atoms with Gasteiger partial charge in [-0.15, -0.1) is 0 Å². The van der Waals surface area contributed by atoms with E-state index in [0.29, 0.717) is 43.4 Å². The van der Waals surface area contributed by atoms with Crippen LogP contribution in [-0.2, 0) is 24.0 Å². The van der Waals surface area contributed by atoms with Crippen LogP contribution in [0.25, 0.3) is 0 Å². The van der Waals surface area contributed by atoms with Crippen molar-refractivity contribution in [2.75, 3.05) is 6.61 Å². The zero-order chi connectivity index (χ0) is 15.2. The largest absolute Gasteiger partial charge is 0.469 e. The fourth-order valence-corrected chi connectivity index (χ4v) is 2.07. The lowest BCUT2D eigenvalue weighted by molar-refractivity contribution is 0.0486. The van der Waals surface area contributed by atoms with E-state index in [9.17, 15) is 4.79 Å². The van der Waals surface area contributed by atoms with Crippen LogP contribution < -0.4 is 0 Å². The first-order valence-corrected chi connectivity index (χ1v) is 7.28. The minimum atomic E-state index is -0.440. The van der Waals surface area contributed by atoms with Crippen LogP contribution in [-0.4, -0.2) is 17.6 Å². The van der Waals surface area contributed by atoms with Crippen LogP contribution in [0.3, 0.4) is 0 Å². The molecule has 0 saturated carbocycles. The van der Waals surface area contributed by atoms with E-state index in [1.807, 2.05) is 12.1 Å². The number of rotatable bonds is 7. The summed E-state index contributed by atoms with van der Waals surface area (Å²) in [6.07, 6.45) is 3.62. The first-order valence-electron chi connectivity index (χ1n) is 7.28. The van der Waals surface area contributed by atoms with Gasteiger partial charge in [-0.1, -0.05) is 13.8 Å². The van der Waals surface area contributed by atoms with Crippen molar-refractivity contribution in [3.05, 3.63) is 41.5 Å². The second-order valence-electron chi connectivity index (χ2n) is 5.28. The van der Waals surface area contributed by atoms with Crippen LogP contribution in [0.5, 0.6) is 0 Å². The molecule has 0 aromatic carbocycles. The summed E-state index contributed by atoms with van der Waals surface area (Å²) in [5, 5.41) is 0. The van der Waals surface area contributed by atoms with Gasteiger partial charge in [-0.05, 0) is 31.4 Å². The number of carbonyl (C=O) groups is 1. The monoisotopic (exact) mass is 291 g/mol. The third-order valence-corrected chi connectivity index (χ3v) is 2.97. The molecule has 5 nitrogen and oxygen atoms in total. The second-order valence-corrected chi connectivity index (χ2v) is 5.28. The molecule has 0 bridgehead atoms. The Balaban J connectivity index is 2.12. The molecule has 0 atom stereocenters. The van der Waals surface area contributed by atoms with Crippen molar-refractivity contribution < 1.29 is 18.4 Å². The van der Waals surface area contributed by atoms with Crippen LogP contribution >= 0.6 is 0 Å². The van der Waals surface area contributed by atoms with E-state index in [4.69, 9.17) is 13.6 Å². The maximum absolute atomic E-state index is 11.9. The van der Waals surface area contributed by atoms with Crippen molar-refractivity contribution in [3.63, 3.8) is 0 Å². The van der Waals surface area contributed by atoms with E-state index in [1.54, 1.807) is 13.2 Å². The number of esters is 1. The van der Waals surface area contributed by atoms with Crippen molar-refractivity contribution in [2.24, 2.45) is 5.92 Å². The smallest absolute Gasteiger partial charge is 0.376 e. The molecule has 2 aromatic rings. The summed E-state index contributed by atoms with van der Waals surface area (Å²) in [6, 6.07) is 3.75. The molecule has 0 radical (unpaired) electrons. The summed E-state index contributed by atoms with van der Waals surface area (Å²) in [6.45, 7) is 6.24. The van der Waals surface area contributed by atoms with Gasteiger partial charge in [0.25, 0.3) is 0 Å². The molecule has 5 heteroatoms. The van der Waals surface area contributed by atoms with Crippen LogP contribution in [0.4, 0.5) is 0 Å². The number of carbonyl (C=O) groups excluding carboxylic acids is 1. The zero-order valence-electron chi connectivity index (χ0n) is 12.7. The Bertz CT molecular complexity index is 569. The first kappa shape index (κ1) is 15.4. The maximum atomic E-state index is 11.9. The molecule has 0 amide bonds.